The van der Waals surface area contributed by atoms with Gasteiger partial charge in [0.2, 0.25) is 5.91 Å². The molecule has 0 radical (unpaired) electrons. The Morgan fingerprint density at radius 1 is 1.19 bits per heavy atom. The lowest BCUT2D eigenvalue weighted by Crippen LogP contribution is -2.32. The standard InChI is InChI=1S/C19H24N2O4S/c1-14(2)11-19(22)21-13-18(15-5-4-10-20-12-15)26(23,24)17-8-6-16(25-3)7-9-17/h4-10,12,14,18H,11,13H2,1-3H3,(H,21,22)/t18-/m0/s1. The van der Waals surface area contributed by atoms with Gasteiger partial charge in [-0.3, -0.25) is 9.78 Å². The second-order valence-electron chi connectivity index (χ2n) is 6.40. The first-order valence-electron chi connectivity index (χ1n) is 8.39. The van der Waals surface area contributed by atoms with Crippen LogP contribution in [0, 0.1) is 5.92 Å². The molecule has 1 aromatic carbocycles. The Balaban J connectivity index is 2.31. The zero-order valence-electron chi connectivity index (χ0n) is 15.2. The molecule has 2 rings (SSSR count). The predicted octanol–water partition coefficient (Wildman–Crippen LogP) is 2.77. The van der Waals surface area contributed by atoms with Crippen LogP contribution < -0.4 is 10.1 Å². The van der Waals surface area contributed by atoms with Gasteiger partial charge in [-0.05, 0) is 41.8 Å². The van der Waals surface area contributed by atoms with Crippen molar-refractivity contribution >= 4 is 15.7 Å². The summed E-state index contributed by atoms with van der Waals surface area (Å²) in [5.74, 6) is 0.607. The zero-order valence-corrected chi connectivity index (χ0v) is 16.0. The number of methoxy groups -OCH3 is 1. The second-order valence-corrected chi connectivity index (χ2v) is 8.53. The van der Waals surface area contributed by atoms with Gasteiger partial charge in [0.25, 0.3) is 0 Å². The molecule has 1 heterocycles. The summed E-state index contributed by atoms with van der Waals surface area (Å²) in [7, 11) is -2.19. The molecule has 1 aromatic heterocycles. The number of rotatable bonds is 8. The number of aromatic nitrogens is 1. The molecule has 1 N–H and O–H groups in total. The van der Waals surface area contributed by atoms with Crippen molar-refractivity contribution in [3.63, 3.8) is 0 Å². The first-order valence-corrected chi connectivity index (χ1v) is 9.93. The third-order valence-electron chi connectivity index (χ3n) is 3.90. The van der Waals surface area contributed by atoms with E-state index in [1.165, 1.54) is 25.4 Å². The lowest BCUT2D eigenvalue weighted by molar-refractivity contribution is -0.121. The monoisotopic (exact) mass is 376 g/mol. The number of carbonyl (C=O) groups excluding carboxylic acids is 1. The summed E-state index contributed by atoms with van der Waals surface area (Å²) in [6.45, 7) is 3.87. The highest BCUT2D eigenvalue weighted by molar-refractivity contribution is 7.91. The highest BCUT2D eigenvalue weighted by Crippen LogP contribution is 2.29. The largest absolute Gasteiger partial charge is 0.497 e. The zero-order chi connectivity index (χ0) is 19.2. The molecule has 0 saturated heterocycles. The van der Waals surface area contributed by atoms with Crippen molar-refractivity contribution in [2.45, 2.75) is 30.4 Å². The van der Waals surface area contributed by atoms with Crippen LogP contribution in [-0.4, -0.2) is 33.0 Å². The van der Waals surface area contributed by atoms with Gasteiger partial charge in [-0.15, -0.1) is 0 Å². The lowest BCUT2D eigenvalue weighted by atomic mass is 10.1. The molecule has 2 aromatic rings. The topological polar surface area (TPSA) is 85.4 Å². The van der Waals surface area contributed by atoms with E-state index in [0.29, 0.717) is 17.7 Å². The molecule has 140 valence electrons. The Kier molecular flexibility index (Phi) is 6.74. The van der Waals surface area contributed by atoms with Gasteiger partial charge < -0.3 is 10.1 Å². The fourth-order valence-electron chi connectivity index (χ4n) is 2.55. The van der Waals surface area contributed by atoms with Crippen LogP contribution >= 0.6 is 0 Å². The van der Waals surface area contributed by atoms with E-state index < -0.39 is 15.1 Å². The van der Waals surface area contributed by atoms with Gasteiger partial charge >= 0.3 is 0 Å². The smallest absolute Gasteiger partial charge is 0.220 e. The van der Waals surface area contributed by atoms with Crippen LogP contribution in [0.5, 0.6) is 5.75 Å². The number of pyridine rings is 1. The van der Waals surface area contributed by atoms with Gasteiger partial charge in [0.15, 0.2) is 9.84 Å². The van der Waals surface area contributed by atoms with E-state index in [0.717, 1.165) is 0 Å². The minimum atomic E-state index is -3.71. The molecule has 0 aliphatic carbocycles. The van der Waals surface area contributed by atoms with Crippen LogP contribution in [0.4, 0.5) is 0 Å². The first-order chi connectivity index (χ1) is 12.3. The Morgan fingerprint density at radius 2 is 1.88 bits per heavy atom. The summed E-state index contributed by atoms with van der Waals surface area (Å²) < 4.78 is 31.4. The average Bonchev–Trinajstić information content (AvgIpc) is 2.62. The molecule has 0 bridgehead atoms. The molecule has 1 amide bonds. The number of hydrogen-bond donors (Lipinski definition) is 1. The van der Waals surface area contributed by atoms with Crippen molar-refractivity contribution in [2.24, 2.45) is 5.92 Å². The van der Waals surface area contributed by atoms with Crippen molar-refractivity contribution in [3.05, 3.63) is 54.4 Å². The Labute approximate surface area is 154 Å². The van der Waals surface area contributed by atoms with Crippen LogP contribution in [0.1, 0.15) is 31.1 Å². The summed E-state index contributed by atoms with van der Waals surface area (Å²) in [5.41, 5.74) is 0.535. The Morgan fingerprint density at radius 3 is 2.42 bits per heavy atom. The number of benzene rings is 1. The van der Waals surface area contributed by atoms with Gasteiger partial charge in [-0.1, -0.05) is 19.9 Å². The summed E-state index contributed by atoms with van der Waals surface area (Å²) in [5, 5.41) is 1.82. The normalized spacial score (nSPS) is 12.6. The fraction of sp³-hybridized carbons (Fsp3) is 0.368. The molecule has 1 atom stereocenters. The molecule has 0 fully saturated rings. The molecule has 0 aliphatic heterocycles. The van der Waals surface area contributed by atoms with Crippen LogP contribution in [0.2, 0.25) is 0 Å². The number of carbonyl (C=O) groups is 1. The molecule has 0 unspecified atom stereocenters. The quantitative estimate of drug-likeness (QED) is 0.766. The van der Waals surface area contributed by atoms with Crippen LogP contribution in [0.15, 0.2) is 53.7 Å². The number of ether oxygens (including phenoxy) is 1. The van der Waals surface area contributed by atoms with Gasteiger partial charge in [-0.25, -0.2) is 8.42 Å². The van der Waals surface area contributed by atoms with E-state index in [1.54, 1.807) is 30.5 Å². The Hall–Kier alpha value is -2.41. The highest BCUT2D eigenvalue weighted by Gasteiger charge is 2.30. The minimum Gasteiger partial charge on any atom is -0.497 e. The number of hydrogen-bond acceptors (Lipinski definition) is 5. The van der Waals surface area contributed by atoms with Crippen LogP contribution in [0.3, 0.4) is 0 Å². The molecule has 0 spiro atoms. The SMILES string of the molecule is COc1ccc(S(=O)(=O)[C@@H](CNC(=O)CC(C)C)c2cccnc2)cc1. The Bertz CT molecular complexity index is 818. The van der Waals surface area contributed by atoms with Gasteiger partial charge in [-0.2, -0.15) is 0 Å². The maximum Gasteiger partial charge on any atom is 0.220 e. The molecule has 0 saturated carbocycles. The van der Waals surface area contributed by atoms with Crippen molar-refractivity contribution in [1.82, 2.24) is 10.3 Å². The molecular formula is C19H24N2O4S. The summed E-state index contributed by atoms with van der Waals surface area (Å²) in [6, 6.07) is 9.60. The fourth-order valence-corrected chi connectivity index (χ4v) is 4.20. The molecule has 26 heavy (non-hydrogen) atoms. The van der Waals surface area contributed by atoms with E-state index in [-0.39, 0.29) is 23.3 Å². The number of sulfone groups is 1. The predicted molar refractivity (Wildman–Crippen MR) is 99.6 cm³/mol. The van der Waals surface area contributed by atoms with Gasteiger partial charge in [0.1, 0.15) is 11.0 Å². The van der Waals surface area contributed by atoms with E-state index in [9.17, 15) is 13.2 Å². The third kappa shape index (κ3) is 5.05. The highest BCUT2D eigenvalue weighted by atomic mass is 32.2. The van der Waals surface area contributed by atoms with E-state index in [4.69, 9.17) is 4.74 Å². The summed E-state index contributed by atoms with van der Waals surface area (Å²) in [6.07, 6.45) is 3.45. The van der Waals surface area contributed by atoms with E-state index >= 15 is 0 Å². The van der Waals surface area contributed by atoms with Crippen LogP contribution in [-0.2, 0) is 14.6 Å². The number of nitrogens with one attached hydrogen (secondary N) is 1. The molecular weight excluding hydrogens is 352 g/mol. The van der Waals surface area contributed by atoms with Crippen molar-refractivity contribution in [2.75, 3.05) is 13.7 Å². The second kappa shape index (κ2) is 8.80. The lowest BCUT2D eigenvalue weighted by Gasteiger charge is -2.19. The summed E-state index contributed by atoms with van der Waals surface area (Å²) >= 11 is 0. The average molecular weight is 376 g/mol. The van der Waals surface area contributed by atoms with Crippen molar-refractivity contribution in [1.29, 1.82) is 0 Å². The maximum atomic E-state index is 13.1. The van der Waals surface area contributed by atoms with Gasteiger partial charge in [0, 0.05) is 25.4 Å². The number of amides is 1. The van der Waals surface area contributed by atoms with Gasteiger partial charge in [0.05, 0.1) is 12.0 Å². The maximum absolute atomic E-state index is 13.1. The molecule has 7 heteroatoms. The van der Waals surface area contributed by atoms with Crippen molar-refractivity contribution in [3.8, 4) is 5.75 Å². The van der Waals surface area contributed by atoms with E-state index in [2.05, 4.69) is 10.3 Å². The third-order valence-corrected chi connectivity index (χ3v) is 6.01. The first kappa shape index (κ1) is 19.9. The molecule has 6 nitrogen and oxygen atoms in total. The number of nitrogens with zero attached hydrogens (tertiary/aromatic N) is 1. The van der Waals surface area contributed by atoms with E-state index in [1.807, 2.05) is 13.8 Å². The van der Waals surface area contributed by atoms with Crippen molar-refractivity contribution < 1.29 is 17.9 Å². The minimum absolute atomic E-state index is 0.00832. The summed E-state index contributed by atoms with van der Waals surface area (Å²) in [4.78, 5) is 16.2. The van der Waals surface area contributed by atoms with Crippen LogP contribution in [0.25, 0.3) is 0 Å². The molecule has 0 aliphatic rings.